The smallest absolute Gasteiger partial charge is 0.166 e. The number of halogens is 4. The first-order chi connectivity index (χ1) is 9.40. The molecule has 2 nitrogen and oxygen atoms in total. The fourth-order valence-corrected chi connectivity index (χ4v) is 2.51. The van der Waals surface area contributed by atoms with Crippen LogP contribution in [0.4, 0.5) is 10.1 Å². The van der Waals surface area contributed by atoms with Crippen molar-refractivity contribution in [2.45, 2.75) is 13.0 Å². The van der Waals surface area contributed by atoms with Gasteiger partial charge in [-0.1, -0.05) is 40.9 Å². The first kappa shape index (κ1) is 15.2. The Bertz CT molecular complexity index is 649. The summed E-state index contributed by atoms with van der Waals surface area (Å²) in [4.78, 5) is 0. The third-order valence-electron chi connectivity index (χ3n) is 2.86. The lowest BCUT2D eigenvalue weighted by Crippen LogP contribution is -2.07. The first-order valence-corrected chi connectivity index (χ1v) is 6.92. The van der Waals surface area contributed by atoms with Crippen LogP contribution in [0.15, 0.2) is 30.3 Å². The summed E-state index contributed by atoms with van der Waals surface area (Å²) in [7, 11) is 0. The summed E-state index contributed by atoms with van der Waals surface area (Å²) in [5.74, 6) is -1.08. The number of benzene rings is 2. The molecule has 0 amide bonds. The van der Waals surface area contributed by atoms with Gasteiger partial charge in [-0.05, 0) is 30.7 Å². The molecule has 0 fully saturated rings. The number of hydrogen-bond donors (Lipinski definition) is 2. The molecule has 2 rings (SSSR count). The molecule has 0 spiro atoms. The molecule has 1 atom stereocenters. The van der Waals surface area contributed by atoms with Crippen LogP contribution >= 0.6 is 34.8 Å². The van der Waals surface area contributed by atoms with E-state index in [1.54, 1.807) is 18.2 Å². The van der Waals surface area contributed by atoms with E-state index in [1.807, 2.05) is 6.92 Å². The predicted octanol–water partition coefficient (Wildman–Crippen LogP) is 5.66. The minimum Gasteiger partial charge on any atom is -0.505 e. The van der Waals surface area contributed by atoms with Crippen LogP contribution in [-0.4, -0.2) is 5.11 Å². The third kappa shape index (κ3) is 3.11. The van der Waals surface area contributed by atoms with Crippen molar-refractivity contribution in [2.75, 3.05) is 5.32 Å². The quantitative estimate of drug-likeness (QED) is 0.560. The number of phenols is 1. The van der Waals surface area contributed by atoms with Gasteiger partial charge in [0.05, 0.1) is 21.1 Å². The molecular formula is C14H11Cl3FNO. The van der Waals surface area contributed by atoms with E-state index >= 15 is 0 Å². The maximum Gasteiger partial charge on any atom is 0.166 e. The highest BCUT2D eigenvalue weighted by molar-refractivity contribution is 6.48. The van der Waals surface area contributed by atoms with Crippen molar-refractivity contribution in [1.29, 1.82) is 0 Å². The second-order valence-electron chi connectivity index (χ2n) is 4.30. The van der Waals surface area contributed by atoms with Gasteiger partial charge in [-0.15, -0.1) is 0 Å². The highest BCUT2D eigenvalue weighted by Crippen LogP contribution is 2.36. The van der Waals surface area contributed by atoms with Gasteiger partial charge in [-0.25, -0.2) is 4.39 Å². The molecule has 0 aliphatic rings. The van der Waals surface area contributed by atoms with Crippen LogP contribution < -0.4 is 5.32 Å². The van der Waals surface area contributed by atoms with Crippen LogP contribution in [0, 0.1) is 5.82 Å². The Labute approximate surface area is 131 Å². The molecule has 20 heavy (non-hydrogen) atoms. The first-order valence-electron chi connectivity index (χ1n) is 5.78. The van der Waals surface area contributed by atoms with Crippen molar-refractivity contribution in [3.8, 4) is 5.75 Å². The summed E-state index contributed by atoms with van der Waals surface area (Å²) < 4.78 is 13.3. The van der Waals surface area contributed by atoms with E-state index in [2.05, 4.69) is 5.32 Å². The van der Waals surface area contributed by atoms with Gasteiger partial charge in [-0.3, -0.25) is 0 Å². The summed E-state index contributed by atoms with van der Waals surface area (Å²) >= 11 is 18.0. The fourth-order valence-electron chi connectivity index (χ4n) is 1.80. The summed E-state index contributed by atoms with van der Waals surface area (Å²) in [6.07, 6.45) is 0. The molecule has 0 aromatic heterocycles. The molecule has 6 heteroatoms. The third-order valence-corrected chi connectivity index (χ3v) is 4.17. The molecule has 0 radical (unpaired) electrons. The predicted molar refractivity (Wildman–Crippen MR) is 81.6 cm³/mol. The summed E-state index contributed by atoms with van der Waals surface area (Å²) in [6, 6.07) is 7.26. The largest absolute Gasteiger partial charge is 0.505 e. The average Bonchev–Trinajstić information content (AvgIpc) is 2.40. The highest BCUT2D eigenvalue weighted by atomic mass is 35.5. The molecule has 0 saturated carbocycles. The van der Waals surface area contributed by atoms with Gasteiger partial charge in [0.25, 0.3) is 0 Å². The van der Waals surface area contributed by atoms with E-state index in [-0.39, 0.29) is 11.1 Å². The minimum atomic E-state index is -0.692. The maximum atomic E-state index is 13.3. The summed E-state index contributed by atoms with van der Waals surface area (Å²) in [5.41, 5.74) is 1.27. The lowest BCUT2D eigenvalue weighted by atomic mass is 10.1. The highest BCUT2D eigenvalue weighted by Gasteiger charge is 2.14. The van der Waals surface area contributed by atoms with Gasteiger partial charge in [0, 0.05) is 11.8 Å². The van der Waals surface area contributed by atoms with Crippen molar-refractivity contribution in [2.24, 2.45) is 0 Å². The average molecular weight is 335 g/mol. The molecule has 0 bridgehead atoms. The van der Waals surface area contributed by atoms with Gasteiger partial charge in [0.1, 0.15) is 0 Å². The van der Waals surface area contributed by atoms with Crippen LogP contribution in [0.3, 0.4) is 0 Å². The van der Waals surface area contributed by atoms with Crippen LogP contribution in [0.1, 0.15) is 18.5 Å². The Hall–Kier alpha value is -1.16. The van der Waals surface area contributed by atoms with Gasteiger partial charge in [0.2, 0.25) is 0 Å². The standard InChI is InChI=1S/C14H11Cl3FNO/c1-7(9-3-4-10(15)14(17)13(9)16)19-8-2-5-12(20)11(18)6-8/h2-7,19-20H,1H3. The maximum absolute atomic E-state index is 13.3. The summed E-state index contributed by atoms with van der Waals surface area (Å²) in [5, 5.41) is 13.3. The van der Waals surface area contributed by atoms with Crippen molar-refractivity contribution in [3.05, 3.63) is 56.8 Å². The van der Waals surface area contributed by atoms with Crippen molar-refractivity contribution in [1.82, 2.24) is 0 Å². The number of phenolic OH excluding ortho intramolecular Hbond substituents is 1. The molecule has 2 aromatic carbocycles. The van der Waals surface area contributed by atoms with Crippen LogP contribution in [0.2, 0.25) is 15.1 Å². The van der Waals surface area contributed by atoms with Crippen LogP contribution in [0.25, 0.3) is 0 Å². The van der Waals surface area contributed by atoms with E-state index in [0.29, 0.717) is 15.7 Å². The molecule has 1 unspecified atom stereocenters. The number of hydrogen-bond acceptors (Lipinski definition) is 2. The van der Waals surface area contributed by atoms with Crippen LogP contribution in [0.5, 0.6) is 5.75 Å². The number of anilines is 1. The monoisotopic (exact) mass is 333 g/mol. The molecule has 0 aliphatic heterocycles. The summed E-state index contributed by atoms with van der Waals surface area (Å²) in [6.45, 7) is 1.86. The Morgan fingerprint density at radius 1 is 1.10 bits per heavy atom. The Kier molecular flexibility index (Phi) is 4.63. The SMILES string of the molecule is CC(Nc1ccc(O)c(F)c1)c1ccc(Cl)c(Cl)c1Cl. The zero-order valence-electron chi connectivity index (χ0n) is 10.4. The molecule has 0 aliphatic carbocycles. The zero-order valence-corrected chi connectivity index (χ0v) is 12.7. The van der Waals surface area contributed by atoms with Gasteiger partial charge >= 0.3 is 0 Å². The fraction of sp³-hybridized carbons (Fsp3) is 0.143. The van der Waals surface area contributed by atoms with E-state index in [4.69, 9.17) is 39.9 Å². The normalized spacial score (nSPS) is 12.2. The zero-order chi connectivity index (χ0) is 14.9. The van der Waals surface area contributed by atoms with Crippen LogP contribution in [-0.2, 0) is 0 Å². The molecule has 2 aromatic rings. The van der Waals surface area contributed by atoms with Crippen molar-refractivity contribution >= 4 is 40.5 Å². The minimum absolute atomic E-state index is 0.207. The Morgan fingerprint density at radius 3 is 2.45 bits per heavy atom. The molecule has 0 heterocycles. The van der Waals surface area contributed by atoms with E-state index < -0.39 is 11.6 Å². The Morgan fingerprint density at radius 2 is 1.80 bits per heavy atom. The lowest BCUT2D eigenvalue weighted by Gasteiger charge is -2.18. The second-order valence-corrected chi connectivity index (χ2v) is 5.46. The van der Waals surface area contributed by atoms with E-state index in [1.165, 1.54) is 12.1 Å². The van der Waals surface area contributed by atoms with Crippen molar-refractivity contribution < 1.29 is 9.50 Å². The molecule has 106 valence electrons. The molecule has 2 N–H and O–H groups in total. The van der Waals surface area contributed by atoms with Gasteiger partial charge in [-0.2, -0.15) is 0 Å². The van der Waals surface area contributed by atoms with E-state index in [9.17, 15) is 4.39 Å². The number of rotatable bonds is 3. The van der Waals surface area contributed by atoms with Gasteiger partial charge in [0.15, 0.2) is 11.6 Å². The van der Waals surface area contributed by atoms with Crippen molar-refractivity contribution in [3.63, 3.8) is 0 Å². The number of aromatic hydroxyl groups is 1. The topological polar surface area (TPSA) is 32.3 Å². The molecule has 0 saturated heterocycles. The lowest BCUT2D eigenvalue weighted by molar-refractivity contribution is 0.432. The Balaban J connectivity index is 2.26. The second kappa shape index (κ2) is 6.08. The van der Waals surface area contributed by atoms with E-state index in [0.717, 1.165) is 5.56 Å². The molecular weight excluding hydrogens is 324 g/mol. The number of nitrogens with one attached hydrogen (secondary N) is 1. The van der Waals surface area contributed by atoms with Gasteiger partial charge < -0.3 is 10.4 Å².